The number of aromatic nitrogens is 1. The van der Waals surface area contributed by atoms with Crippen molar-refractivity contribution in [3.8, 4) is 5.88 Å². The Bertz CT molecular complexity index is 632. The van der Waals surface area contributed by atoms with E-state index in [1.807, 2.05) is 0 Å². The van der Waals surface area contributed by atoms with Gasteiger partial charge in [-0.3, -0.25) is 4.79 Å². The molecule has 0 radical (unpaired) electrons. The molecule has 0 aliphatic heterocycles. The smallest absolute Gasteiger partial charge is 0.251 e. The fourth-order valence-electron chi connectivity index (χ4n) is 1.60. The van der Waals surface area contributed by atoms with Crippen molar-refractivity contribution in [1.29, 1.82) is 0 Å². The standard InChI is InChI=1S/C14H12Cl2N2O2/c1-20-13-6-9(4-5-17-13)14(19)18-8-10-2-3-11(15)7-12(10)16/h2-7H,8H2,1H3,(H,18,19). The summed E-state index contributed by atoms with van der Waals surface area (Å²) in [5, 5.41) is 3.85. The number of methoxy groups -OCH3 is 1. The molecule has 0 saturated carbocycles. The highest BCUT2D eigenvalue weighted by molar-refractivity contribution is 6.35. The molecule has 1 N–H and O–H groups in total. The summed E-state index contributed by atoms with van der Waals surface area (Å²) in [4.78, 5) is 15.9. The molecule has 0 atom stereocenters. The number of carbonyl (C=O) groups excluding carboxylic acids is 1. The lowest BCUT2D eigenvalue weighted by Crippen LogP contribution is -2.23. The minimum absolute atomic E-state index is 0.225. The van der Waals surface area contributed by atoms with Gasteiger partial charge in [0.05, 0.1) is 7.11 Å². The van der Waals surface area contributed by atoms with Crippen LogP contribution in [0.1, 0.15) is 15.9 Å². The molecule has 0 unspecified atom stereocenters. The maximum Gasteiger partial charge on any atom is 0.251 e. The van der Waals surface area contributed by atoms with E-state index in [0.717, 1.165) is 5.56 Å². The van der Waals surface area contributed by atoms with Crippen molar-refractivity contribution in [2.24, 2.45) is 0 Å². The van der Waals surface area contributed by atoms with Crippen LogP contribution in [0, 0.1) is 0 Å². The van der Waals surface area contributed by atoms with Crippen molar-refractivity contribution in [1.82, 2.24) is 10.3 Å². The van der Waals surface area contributed by atoms with E-state index in [-0.39, 0.29) is 5.91 Å². The van der Waals surface area contributed by atoms with Crippen LogP contribution < -0.4 is 10.1 Å². The third-order valence-corrected chi connectivity index (χ3v) is 3.25. The Morgan fingerprint density at radius 3 is 2.80 bits per heavy atom. The summed E-state index contributed by atoms with van der Waals surface area (Å²) in [6.45, 7) is 0.319. The molecule has 20 heavy (non-hydrogen) atoms. The fraction of sp³-hybridized carbons (Fsp3) is 0.143. The molecule has 4 nitrogen and oxygen atoms in total. The highest BCUT2D eigenvalue weighted by Crippen LogP contribution is 2.20. The van der Waals surface area contributed by atoms with E-state index in [4.69, 9.17) is 27.9 Å². The summed E-state index contributed by atoms with van der Waals surface area (Å²) in [5.41, 5.74) is 1.27. The van der Waals surface area contributed by atoms with Crippen LogP contribution in [-0.2, 0) is 6.54 Å². The van der Waals surface area contributed by atoms with E-state index in [9.17, 15) is 4.79 Å². The molecule has 0 saturated heterocycles. The predicted octanol–water partition coefficient (Wildman–Crippen LogP) is 3.33. The minimum atomic E-state index is -0.225. The maximum absolute atomic E-state index is 12.0. The monoisotopic (exact) mass is 310 g/mol. The van der Waals surface area contributed by atoms with Crippen molar-refractivity contribution < 1.29 is 9.53 Å². The van der Waals surface area contributed by atoms with Gasteiger partial charge in [-0.15, -0.1) is 0 Å². The molecule has 6 heteroatoms. The predicted molar refractivity (Wildman–Crippen MR) is 78.4 cm³/mol. The Kier molecular flexibility index (Phi) is 4.82. The highest BCUT2D eigenvalue weighted by atomic mass is 35.5. The number of amides is 1. The Morgan fingerprint density at radius 2 is 2.10 bits per heavy atom. The van der Waals surface area contributed by atoms with Gasteiger partial charge in [0.25, 0.3) is 5.91 Å². The summed E-state index contributed by atoms with van der Waals surface area (Å²) in [6, 6.07) is 8.32. The Morgan fingerprint density at radius 1 is 1.30 bits per heavy atom. The van der Waals surface area contributed by atoms with Crippen LogP contribution in [0.4, 0.5) is 0 Å². The number of nitrogens with one attached hydrogen (secondary N) is 1. The SMILES string of the molecule is COc1cc(C(=O)NCc2ccc(Cl)cc2Cl)ccn1. The van der Waals surface area contributed by atoms with Crippen LogP contribution in [0.15, 0.2) is 36.5 Å². The summed E-state index contributed by atoms with van der Waals surface area (Å²) in [6.07, 6.45) is 1.52. The molecule has 0 aliphatic rings. The quantitative estimate of drug-likeness (QED) is 0.942. The normalized spacial score (nSPS) is 10.2. The Balaban J connectivity index is 2.04. The van der Waals surface area contributed by atoms with Gasteiger partial charge in [0.1, 0.15) is 0 Å². The molecular weight excluding hydrogens is 299 g/mol. The minimum Gasteiger partial charge on any atom is -0.481 e. The maximum atomic E-state index is 12.0. The van der Waals surface area contributed by atoms with E-state index in [0.29, 0.717) is 28.0 Å². The van der Waals surface area contributed by atoms with Crippen LogP contribution >= 0.6 is 23.2 Å². The van der Waals surface area contributed by atoms with Crippen LogP contribution in [-0.4, -0.2) is 18.0 Å². The van der Waals surface area contributed by atoms with Crippen LogP contribution in [0.25, 0.3) is 0 Å². The third-order valence-electron chi connectivity index (χ3n) is 2.66. The summed E-state index contributed by atoms with van der Waals surface area (Å²) >= 11 is 11.9. The first kappa shape index (κ1) is 14.6. The van der Waals surface area contributed by atoms with Crippen molar-refractivity contribution in [3.05, 3.63) is 57.7 Å². The lowest BCUT2D eigenvalue weighted by atomic mass is 10.2. The average molecular weight is 311 g/mol. The molecule has 1 aromatic heterocycles. The number of hydrogen-bond donors (Lipinski definition) is 1. The van der Waals surface area contributed by atoms with E-state index >= 15 is 0 Å². The number of pyridine rings is 1. The van der Waals surface area contributed by atoms with E-state index in [2.05, 4.69) is 10.3 Å². The number of ether oxygens (including phenoxy) is 1. The third kappa shape index (κ3) is 3.62. The second kappa shape index (κ2) is 6.59. The largest absolute Gasteiger partial charge is 0.481 e. The molecule has 1 aromatic carbocycles. The van der Waals surface area contributed by atoms with Crippen molar-refractivity contribution in [3.63, 3.8) is 0 Å². The van der Waals surface area contributed by atoms with Gasteiger partial charge in [-0.2, -0.15) is 0 Å². The summed E-state index contributed by atoms with van der Waals surface area (Å²) < 4.78 is 4.97. The van der Waals surface area contributed by atoms with Gasteiger partial charge in [0.2, 0.25) is 5.88 Å². The molecule has 2 rings (SSSR count). The number of nitrogens with zero attached hydrogens (tertiary/aromatic N) is 1. The molecule has 0 bridgehead atoms. The first-order chi connectivity index (χ1) is 9.60. The molecule has 2 aromatic rings. The van der Waals surface area contributed by atoms with Gasteiger partial charge in [0.15, 0.2) is 0 Å². The van der Waals surface area contributed by atoms with Crippen molar-refractivity contribution in [2.75, 3.05) is 7.11 Å². The number of halogens is 2. The van der Waals surface area contributed by atoms with Gasteiger partial charge in [-0.25, -0.2) is 4.98 Å². The van der Waals surface area contributed by atoms with Crippen molar-refractivity contribution >= 4 is 29.1 Å². The Labute approximate surface area is 126 Å². The molecule has 0 aliphatic carbocycles. The highest BCUT2D eigenvalue weighted by Gasteiger charge is 2.08. The molecule has 104 valence electrons. The lowest BCUT2D eigenvalue weighted by Gasteiger charge is -2.08. The van der Waals surface area contributed by atoms with Crippen LogP contribution in [0.2, 0.25) is 10.0 Å². The topological polar surface area (TPSA) is 51.2 Å². The van der Waals surface area contributed by atoms with Gasteiger partial charge < -0.3 is 10.1 Å². The number of hydrogen-bond acceptors (Lipinski definition) is 3. The van der Waals surface area contributed by atoms with E-state index < -0.39 is 0 Å². The summed E-state index contributed by atoms with van der Waals surface area (Å²) in [7, 11) is 1.50. The fourth-order valence-corrected chi connectivity index (χ4v) is 2.08. The Hall–Kier alpha value is -1.78. The summed E-state index contributed by atoms with van der Waals surface area (Å²) in [5.74, 6) is 0.166. The van der Waals surface area contributed by atoms with Gasteiger partial charge in [-0.1, -0.05) is 29.3 Å². The van der Waals surface area contributed by atoms with Gasteiger partial charge >= 0.3 is 0 Å². The molecule has 0 fully saturated rings. The second-order valence-corrected chi connectivity index (χ2v) is 4.85. The van der Waals surface area contributed by atoms with Gasteiger partial charge in [0, 0.05) is 34.4 Å². The van der Waals surface area contributed by atoms with Crippen LogP contribution in [0.5, 0.6) is 5.88 Å². The lowest BCUT2D eigenvalue weighted by molar-refractivity contribution is 0.0950. The zero-order valence-corrected chi connectivity index (χ0v) is 12.2. The number of rotatable bonds is 4. The average Bonchev–Trinajstić information content (AvgIpc) is 2.46. The van der Waals surface area contributed by atoms with E-state index in [1.165, 1.54) is 13.3 Å². The molecule has 1 heterocycles. The zero-order valence-electron chi connectivity index (χ0n) is 10.7. The molecule has 0 spiro atoms. The molecule has 1 amide bonds. The number of benzene rings is 1. The molecular formula is C14H12Cl2N2O2. The van der Waals surface area contributed by atoms with Gasteiger partial charge in [-0.05, 0) is 23.8 Å². The first-order valence-corrected chi connectivity index (χ1v) is 6.58. The first-order valence-electron chi connectivity index (χ1n) is 5.82. The van der Waals surface area contributed by atoms with Crippen LogP contribution in [0.3, 0.4) is 0 Å². The number of carbonyl (C=O) groups is 1. The zero-order chi connectivity index (χ0) is 14.5. The van der Waals surface area contributed by atoms with E-state index in [1.54, 1.807) is 30.3 Å². The second-order valence-electron chi connectivity index (χ2n) is 4.01. The van der Waals surface area contributed by atoms with Crippen molar-refractivity contribution in [2.45, 2.75) is 6.54 Å².